The number of rotatable bonds is 4. The molecule has 0 aliphatic heterocycles. The summed E-state index contributed by atoms with van der Waals surface area (Å²) in [5.41, 5.74) is 0.570. The molecule has 110 valence electrons. The van der Waals surface area contributed by atoms with Crippen LogP contribution in [0.5, 0.6) is 0 Å². The highest BCUT2D eigenvalue weighted by Gasteiger charge is 2.23. The molecule has 1 fully saturated rings. The van der Waals surface area contributed by atoms with Gasteiger partial charge >= 0.3 is 0 Å². The highest BCUT2D eigenvalue weighted by molar-refractivity contribution is 9.09. The minimum atomic E-state index is -0.0730. The van der Waals surface area contributed by atoms with Crippen LogP contribution in [0.2, 0.25) is 5.02 Å². The van der Waals surface area contributed by atoms with Crippen molar-refractivity contribution in [1.29, 1.82) is 0 Å². The number of amides is 1. The fourth-order valence-corrected chi connectivity index (χ4v) is 3.93. The molecule has 0 heterocycles. The Morgan fingerprint density at radius 2 is 2.20 bits per heavy atom. The van der Waals surface area contributed by atoms with Gasteiger partial charge < -0.3 is 5.32 Å². The second kappa shape index (κ2) is 7.71. The van der Waals surface area contributed by atoms with Gasteiger partial charge in [-0.3, -0.25) is 4.79 Å². The quantitative estimate of drug-likeness (QED) is 0.607. The minimum Gasteiger partial charge on any atom is -0.352 e. The van der Waals surface area contributed by atoms with E-state index in [4.69, 9.17) is 11.6 Å². The summed E-state index contributed by atoms with van der Waals surface area (Å²) >= 11 is 11.4. The van der Waals surface area contributed by atoms with Crippen molar-refractivity contribution in [2.45, 2.75) is 35.4 Å². The predicted octanol–water partition coefficient (Wildman–Crippen LogP) is 4.75. The van der Waals surface area contributed by atoms with Crippen LogP contribution in [0.15, 0.2) is 23.1 Å². The lowest BCUT2D eigenvalue weighted by atomic mass is 9.89. The van der Waals surface area contributed by atoms with Crippen molar-refractivity contribution in [1.82, 2.24) is 5.32 Å². The number of hydrogen-bond donors (Lipinski definition) is 1. The van der Waals surface area contributed by atoms with Crippen molar-refractivity contribution in [3.05, 3.63) is 28.8 Å². The van der Waals surface area contributed by atoms with Gasteiger partial charge in [0.25, 0.3) is 5.91 Å². The van der Waals surface area contributed by atoms with E-state index in [2.05, 4.69) is 21.2 Å². The monoisotopic (exact) mass is 375 g/mol. The Morgan fingerprint density at radius 1 is 1.45 bits per heavy atom. The van der Waals surface area contributed by atoms with Crippen LogP contribution >= 0.6 is 39.3 Å². The van der Waals surface area contributed by atoms with Gasteiger partial charge in [0.05, 0.1) is 10.6 Å². The van der Waals surface area contributed by atoms with E-state index in [1.165, 1.54) is 25.7 Å². The smallest absolute Gasteiger partial charge is 0.252 e. The van der Waals surface area contributed by atoms with Gasteiger partial charge in [-0.25, -0.2) is 0 Å². The summed E-state index contributed by atoms with van der Waals surface area (Å²) in [5, 5.41) is 3.54. The van der Waals surface area contributed by atoms with Crippen LogP contribution in [0.4, 0.5) is 0 Å². The van der Waals surface area contributed by atoms with E-state index in [1.807, 2.05) is 18.4 Å². The van der Waals surface area contributed by atoms with Crippen LogP contribution < -0.4 is 5.32 Å². The maximum absolute atomic E-state index is 12.3. The zero-order valence-corrected chi connectivity index (χ0v) is 14.7. The molecule has 2 rings (SSSR count). The first-order valence-electron chi connectivity index (χ1n) is 6.87. The molecule has 5 heteroatoms. The molecule has 0 saturated heterocycles. The molecular formula is C15H19BrClNOS. The molecule has 1 aromatic rings. The molecule has 1 N–H and O–H groups in total. The number of carbonyl (C=O) groups is 1. The van der Waals surface area contributed by atoms with Gasteiger partial charge in [0.2, 0.25) is 0 Å². The Balaban J connectivity index is 1.97. The number of alkyl halides is 1. The number of halogens is 2. The third-order valence-electron chi connectivity index (χ3n) is 3.76. The van der Waals surface area contributed by atoms with E-state index in [0.717, 1.165) is 4.90 Å². The van der Waals surface area contributed by atoms with Gasteiger partial charge in [-0.05, 0) is 43.2 Å². The SMILES string of the molecule is CSc1ccc(Cl)c(C(=O)NCC2CCCCC2Br)c1. The standard InChI is InChI=1S/C15H19BrClNOS/c1-20-11-6-7-14(17)12(8-11)15(19)18-9-10-4-2-3-5-13(10)16/h6-8,10,13H,2-5,9H2,1H3,(H,18,19). The summed E-state index contributed by atoms with van der Waals surface area (Å²) in [6.07, 6.45) is 6.90. The van der Waals surface area contributed by atoms with Crippen molar-refractivity contribution in [3.8, 4) is 0 Å². The van der Waals surface area contributed by atoms with Crippen LogP contribution in [0, 0.1) is 5.92 Å². The molecule has 1 aliphatic rings. The molecule has 2 unspecified atom stereocenters. The van der Waals surface area contributed by atoms with Gasteiger partial charge in [0.1, 0.15) is 0 Å². The number of thioether (sulfide) groups is 1. The third kappa shape index (κ3) is 4.15. The molecule has 0 spiro atoms. The van der Waals surface area contributed by atoms with Crippen LogP contribution in [0.3, 0.4) is 0 Å². The first-order chi connectivity index (χ1) is 9.61. The maximum atomic E-state index is 12.3. The van der Waals surface area contributed by atoms with Crippen LogP contribution in [-0.4, -0.2) is 23.5 Å². The normalized spacial score (nSPS) is 22.6. The van der Waals surface area contributed by atoms with E-state index in [0.29, 0.717) is 27.9 Å². The van der Waals surface area contributed by atoms with Gasteiger partial charge in [-0.1, -0.05) is 40.4 Å². The fourth-order valence-electron chi connectivity index (χ4n) is 2.52. The lowest BCUT2D eigenvalue weighted by molar-refractivity contribution is 0.0944. The topological polar surface area (TPSA) is 29.1 Å². The van der Waals surface area contributed by atoms with E-state index in [-0.39, 0.29) is 5.91 Å². The molecule has 20 heavy (non-hydrogen) atoms. The van der Waals surface area contributed by atoms with Gasteiger partial charge in [-0.15, -0.1) is 11.8 Å². The highest BCUT2D eigenvalue weighted by atomic mass is 79.9. The second-order valence-corrected chi connectivity index (χ2v) is 7.58. The molecule has 2 atom stereocenters. The van der Waals surface area contributed by atoms with Crippen LogP contribution in [-0.2, 0) is 0 Å². The zero-order chi connectivity index (χ0) is 14.5. The van der Waals surface area contributed by atoms with E-state index in [9.17, 15) is 4.79 Å². The molecule has 0 bridgehead atoms. The molecule has 1 saturated carbocycles. The average Bonchev–Trinajstić information content (AvgIpc) is 2.46. The van der Waals surface area contributed by atoms with E-state index < -0.39 is 0 Å². The molecular weight excluding hydrogens is 358 g/mol. The second-order valence-electron chi connectivity index (χ2n) is 5.12. The Hall–Kier alpha value is -0.190. The third-order valence-corrected chi connectivity index (χ3v) is 6.02. The largest absolute Gasteiger partial charge is 0.352 e. The number of nitrogens with one attached hydrogen (secondary N) is 1. The van der Waals surface area contributed by atoms with Crippen molar-refractivity contribution in [2.75, 3.05) is 12.8 Å². The number of carbonyl (C=O) groups excluding carboxylic acids is 1. The number of benzene rings is 1. The van der Waals surface area contributed by atoms with E-state index in [1.54, 1.807) is 17.8 Å². The molecule has 0 aromatic heterocycles. The van der Waals surface area contributed by atoms with Crippen molar-refractivity contribution < 1.29 is 4.79 Å². The van der Waals surface area contributed by atoms with Crippen molar-refractivity contribution >= 4 is 45.2 Å². The Kier molecular flexibility index (Phi) is 6.24. The van der Waals surface area contributed by atoms with Gasteiger partial charge in [0, 0.05) is 16.3 Å². The van der Waals surface area contributed by atoms with Crippen molar-refractivity contribution in [2.24, 2.45) is 5.92 Å². The Bertz CT molecular complexity index is 483. The minimum absolute atomic E-state index is 0.0730. The zero-order valence-electron chi connectivity index (χ0n) is 11.5. The van der Waals surface area contributed by atoms with Gasteiger partial charge in [-0.2, -0.15) is 0 Å². The lowest BCUT2D eigenvalue weighted by Gasteiger charge is -2.27. The highest BCUT2D eigenvalue weighted by Crippen LogP contribution is 2.29. The van der Waals surface area contributed by atoms with Crippen LogP contribution in [0.25, 0.3) is 0 Å². The number of hydrogen-bond acceptors (Lipinski definition) is 2. The first-order valence-corrected chi connectivity index (χ1v) is 9.39. The molecule has 0 radical (unpaired) electrons. The Labute approximate surface area is 138 Å². The maximum Gasteiger partial charge on any atom is 0.252 e. The predicted molar refractivity (Wildman–Crippen MR) is 90.2 cm³/mol. The lowest BCUT2D eigenvalue weighted by Crippen LogP contribution is -2.34. The first kappa shape index (κ1) is 16.2. The summed E-state index contributed by atoms with van der Waals surface area (Å²) in [5.74, 6) is 0.450. The molecule has 1 aliphatic carbocycles. The fraction of sp³-hybridized carbons (Fsp3) is 0.533. The summed E-state index contributed by atoms with van der Waals surface area (Å²) in [4.78, 5) is 13.8. The average molecular weight is 377 g/mol. The van der Waals surface area contributed by atoms with E-state index >= 15 is 0 Å². The van der Waals surface area contributed by atoms with Crippen LogP contribution in [0.1, 0.15) is 36.0 Å². The molecule has 1 aromatic carbocycles. The summed E-state index contributed by atoms with van der Waals surface area (Å²) < 4.78 is 0. The summed E-state index contributed by atoms with van der Waals surface area (Å²) in [6, 6.07) is 5.57. The molecule has 2 nitrogen and oxygen atoms in total. The summed E-state index contributed by atoms with van der Waals surface area (Å²) in [6.45, 7) is 0.717. The summed E-state index contributed by atoms with van der Waals surface area (Å²) in [7, 11) is 0. The molecule has 1 amide bonds. The van der Waals surface area contributed by atoms with Crippen molar-refractivity contribution in [3.63, 3.8) is 0 Å². The Morgan fingerprint density at radius 3 is 2.90 bits per heavy atom. The van der Waals surface area contributed by atoms with Gasteiger partial charge in [0.15, 0.2) is 0 Å².